The number of carbonyl (C=O) groups is 1. The summed E-state index contributed by atoms with van der Waals surface area (Å²) in [6.07, 6.45) is -8.66. The molecule has 1 unspecified atom stereocenters. The summed E-state index contributed by atoms with van der Waals surface area (Å²) < 4.78 is 50.1. The van der Waals surface area contributed by atoms with Crippen molar-refractivity contribution >= 4 is 23.6 Å². The lowest BCUT2D eigenvalue weighted by molar-refractivity contribution is -0.768. The molecule has 1 aromatic rings. The van der Waals surface area contributed by atoms with Crippen LogP contribution in [-0.2, 0) is 19.2 Å². The van der Waals surface area contributed by atoms with Crippen LogP contribution in [0.15, 0.2) is 17.7 Å². The van der Waals surface area contributed by atoms with Crippen molar-refractivity contribution in [2.75, 3.05) is 13.2 Å². The molecule has 1 aliphatic rings. The highest BCUT2D eigenvalue weighted by Crippen LogP contribution is 2.40. The van der Waals surface area contributed by atoms with Gasteiger partial charge in [0.15, 0.2) is 0 Å². The Morgan fingerprint density at radius 3 is 2.30 bits per heavy atom. The molecule has 0 aromatic heterocycles. The third-order valence-electron chi connectivity index (χ3n) is 3.64. The number of benzene rings is 1. The van der Waals surface area contributed by atoms with Gasteiger partial charge in [-0.1, -0.05) is 11.6 Å². The van der Waals surface area contributed by atoms with Crippen molar-refractivity contribution in [3.63, 3.8) is 0 Å². The third kappa shape index (κ3) is 5.85. The SMILES string of the molecule is Cc1cc(Cl)cc2c1OC(C(F)(F)F)C(C(=O)OC(CO[N+](=O)[O-])CO[N+](=O)[O-])=C2. The molecule has 0 spiro atoms. The van der Waals surface area contributed by atoms with E-state index in [2.05, 4.69) is 9.68 Å². The molecular formula is C15H12ClF3N2O9. The van der Waals surface area contributed by atoms with Gasteiger partial charge in [0.05, 0.1) is 5.57 Å². The molecule has 164 valence electrons. The third-order valence-corrected chi connectivity index (χ3v) is 3.85. The summed E-state index contributed by atoms with van der Waals surface area (Å²) in [6.45, 7) is -0.576. The van der Waals surface area contributed by atoms with Crippen LogP contribution in [0.2, 0.25) is 5.02 Å². The first-order valence-electron chi connectivity index (χ1n) is 7.89. The van der Waals surface area contributed by atoms with Crippen molar-refractivity contribution in [2.24, 2.45) is 0 Å². The Bertz CT molecular complexity index is 873. The van der Waals surface area contributed by atoms with Gasteiger partial charge in [0.25, 0.3) is 10.2 Å². The Labute approximate surface area is 170 Å². The minimum atomic E-state index is -5.03. The van der Waals surface area contributed by atoms with Gasteiger partial charge in [-0.15, -0.1) is 20.2 Å². The number of rotatable bonds is 8. The van der Waals surface area contributed by atoms with E-state index in [1.165, 1.54) is 19.1 Å². The van der Waals surface area contributed by atoms with Gasteiger partial charge in [0.2, 0.25) is 6.10 Å². The van der Waals surface area contributed by atoms with Crippen LogP contribution in [0, 0.1) is 27.2 Å². The predicted octanol–water partition coefficient (Wildman–Crippen LogP) is 2.68. The minimum absolute atomic E-state index is 0.0621. The van der Waals surface area contributed by atoms with Crippen LogP contribution >= 0.6 is 11.6 Å². The molecule has 0 fully saturated rings. The van der Waals surface area contributed by atoms with Gasteiger partial charge in [-0.2, -0.15) is 13.2 Å². The number of carbonyl (C=O) groups excluding carboxylic acids is 1. The molecular weight excluding hydrogens is 445 g/mol. The van der Waals surface area contributed by atoms with E-state index in [1.54, 1.807) is 0 Å². The number of hydrogen-bond acceptors (Lipinski definition) is 9. The number of fused-ring (bicyclic) bond motifs is 1. The second-order valence-corrected chi connectivity index (χ2v) is 6.28. The lowest BCUT2D eigenvalue weighted by atomic mass is 9.99. The van der Waals surface area contributed by atoms with Crippen LogP contribution in [0.1, 0.15) is 11.1 Å². The molecule has 15 heteroatoms. The summed E-state index contributed by atoms with van der Waals surface area (Å²) in [7, 11) is 0. The molecule has 1 heterocycles. The van der Waals surface area contributed by atoms with Crippen molar-refractivity contribution in [1.29, 1.82) is 0 Å². The maximum absolute atomic E-state index is 13.5. The maximum atomic E-state index is 13.5. The summed E-state index contributed by atoms with van der Waals surface area (Å²) in [5.74, 6) is -1.74. The van der Waals surface area contributed by atoms with Gasteiger partial charge in [0, 0.05) is 10.6 Å². The van der Waals surface area contributed by atoms with Crippen LogP contribution in [-0.4, -0.2) is 47.7 Å². The van der Waals surface area contributed by atoms with Gasteiger partial charge >= 0.3 is 12.1 Å². The maximum Gasteiger partial charge on any atom is 0.430 e. The van der Waals surface area contributed by atoms with E-state index in [4.69, 9.17) is 21.1 Å². The fraction of sp³-hybridized carbons (Fsp3) is 0.400. The molecule has 30 heavy (non-hydrogen) atoms. The molecule has 0 saturated heterocycles. The van der Waals surface area contributed by atoms with Crippen LogP contribution in [0.5, 0.6) is 5.75 Å². The molecule has 0 aliphatic carbocycles. The number of alkyl halides is 3. The Morgan fingerprint density at radius 1 is 1.23 bits per heavy atom. The summed E-state index contributed by atoms with van der Waals surface area (Å²) in [5, 5.41) is 18.2. The fourth-order valence-corrected chi connectivity index (χ4v) is 2.76. The first kappa shape index (κ1) is 23.0. The van der Waals surface area contributed by atoms with E-state index < -0.39 is 53.3 Å². The average molecular weight is 457 g/mol. The zero-order valence-corrected chi connectivity index (χ0v) is 15.6. The van der Waals surface area contributed by atoms with E-state index in [-0.39, 0.29) is 21.9 Å². The lowest BCUT2D eigenvalue weighted by Gasteiger charge is -2.29. The quantitative estimate of drug-likeness (QED) is 0.328. The zero-order valence-electron chi connectivity index (χ0n) is 14.9. The van der Waals surface area contributed by atoms with E-state index in [0.29, 0.717) is 0 Å². The second kappa shape index (κ2) is 9.02. The largest absolute Gasteiger partial charge is 0.475 e. The number of hydrogen-bond donors (Lipinski definition) is 0. The Hall–Kier alpha value is -3.29. The van der Waals surface area contributed by atoms with E-state index in [9.17, 15) is 38.2 Å². The number of esters is 1. The second-order valence-electron chi connectivity index (χ2n) is 5.85. The van der Waals surface area contributed by atoms with Crippen molar-refractivity contribution in [3.8, 4) is 5.75 Å². The molecule has 0 amide bonds. The minimum Gasteiger partial charge on any atom is -0.475 e. The Morgan fingerprint density at radius 2 is 1.80 bits per heavy atom. The van der Waals surface area contributed by atoms with Gasteiger partial charge < -0.3 is 19.1 Å². The molecule has 0 saturated carbocycles. The smallest absolute Gasteiger partial charge is 0.430 e. The topological polar surface area (TPSA) is 140 Å². The molecule has 0 N–H and O–H groups in total. The predicted molar refractivity (Wildman–Crippen MR) is 90.4 cm³/mol. The first-order chi connectivity index (χ1) is 13.9. The number of nitrogens with zero attached hydrogens (tertiary/aromatic N) is 2. The molecule has 1 atom stereocenters. The van der Waals surface area contributed by atoms with Crippen LogP contribution < -0.4 is 4.74 Å². The van der Waals surface area contributed by atoms with E-state index in [1.807, 2.05) is 0 Å². The van der Waals surface area contributed by atoms with Crippen molar-refractivity contribution < 1.29 is 47.3 Å². The van der Waals surface area contributed by atoms with Crippen LogP contribution in [0.4, 0.5) is 13.2 Å². The summed E-state index contributed by atoms with van der Waals surface area (Å²) >= 11 is 5.88. The summed E-state index contributed by atoms with van der Waals surface area (Å²) in [6, 6.07) is 2.62. The van der Waals surface area contributed by atoms with Gasteiger partial charge in [-0.05, 0) is 30.7 Å². The van der Waals surface area contributed by atoms with Gasteiger partial charge in [-0.3, -0.25) is 0 Å². The molecule has 2 rings (SSSR count). The highest BCUT2D eigenvalue weighted by Gasteiger charge is 2.49. The van der Waals surface area contributed by atoms with Crippen LogP contribution in [0.3, 0.4) is 0 Å². The number of ether oxygens (including phenoxy) is 2. The van der Waals surface area contributed by atoms with E-state index in [0.717, 1.165) is 6.08 Å². The standard InChI is InChI=1S/C15H12ClF3N2O9/c1-7-2-9(16)3-8-4-11(13(15(17,18)19)30-12(7)8)14(22)29-10(5-27-20(23)24)6-28-21(25)26/h2-4,10,13H,5-6H2,1H3. The van der Waals surface area contributed by atoms with Gasteiger partial charge in [0.1, 0.15) is 25.1 Å². The monoisotopic (exact) mass is 456 g/mol. The van der Waals surface area contributed by atoms with Gasteiger partial charge in [-0.25, -0.2) is 4.79 Å². The normalized spacial score (nSPS) is 15.5. The molecule has 11 nitrogen and oxygen atoms in total. The molecule has 0 bridgehead atoms. The molecule has 0 radical (unpaired) electrons. The number of halogens is 4. The average Bonchev–Trinajstić information content (AvgIpc) is 2.61. The van der Waals surface area contributed by atoms with Crippen molar-refractivity contribution in [3.05, 3.63) is 54.1 Å². The highest BCUT2D eigenvalue weighted by atomic mass is 35.5. The van der Waals surface area contributed by atoms with Crippen molar-refractivity contribution in [1.82, 2.24) is 0 Å². The highest BCUT2D eigenvalue weighted by molar-refractivity contribution is 6.30. The fourth-order valence-electron chi connectivity index (χ4n) is 2.48. The van der Waals surface area contributed by atoms with Crippen LogP contribution in [0.25, 0.3) is 6.08 Å². The Kier molecular flexibility index (Phi) is 6.92. The van der Waals surface area contributed by atoms with E-state index >= 15 is 0 Å². The first-order valence-corrected chi connectivity index (χ1v) is 8.27. The van der Waals surface area contributed by atoms with Crippen molar-refractivity contribution in [2.45, 2.75) is 25.3 Å². The molecule has 1 aliphatic heterocycles. The zero-order chi connectivity index (χ0) is 22.6. The lowest BCUT2D eigenvalue weighted by Crippen LogP contribution is -2.42. The summed E-state index contributed by atoms with van der Waals surface area (Å²) in [4.78, 5) is 40.9. The summed E-state index contributed by atoms with van der Waals surface area (Å²) in [5.41, 5.74) is -0.650. The molecule has 1 aromatic carbocycles. The Balaban J connectivity index is 2.34. The number of aryl methyl sites for hydroxylation is 1.